The third-order valence-corrected chi connectivity index (χ3v) is 2.28. The normalized spacial score (nSPS) is 42.1. The van der Waals surface area contributed by atoms with Gasteiger partial charge in [0.25, 0.3) is 5.90 Å². The number of fused-ring (bicyclic) bond motifs is 1. The zero-order chi connectivity index (χ0) is 10.3. The van der Waals surface area contributed by atoms with E-state index in [2.05, 4.69) is 11.7 Å². The number of hydrogen-bond donors (Lipinski definition) is 1. The van der Waals surface area contributed by atoms with Gasteiger partial charge in [-0.25, -0.2) is 0 Å². The van der Waals surface area contributed by atoms with Crippen LogP contribution in [0.1, 0.15) is 13.8 Å². The average molecular weight is 199 g/mol. The van der Waals surface area contributed by atoms with E-state index in [1.807, 2.05) is 0 Å². The monoisotopic (exact) mass is 199 g/mol. The molecule has 0 aromatic carbocycles. The Morgan fingerprint density at radius 1 is 1.50 bits per heavy atom. The Hall–Kier alpha value is -1.07. The highest BCUT2D eigenvalue weighted by Gasteiger charge is 2.54. The van der Waals surface area contributed by atoms with Crippen LogP contribution in [0.15, 0.2) is 17.8 Å². The van der Waals surface area contributed by atoms with E-state index in [9.17, 15) is 0 Å². The predicted octanol–water partition coefficient (Wildman–Crippen LogP) is 0.879. The standard InChI is InChI=1S/C9H13NO4/c1-4-5-6-7(8(10-11)12-5)14-9(2,3)13-6/h4-7,11H,1H2,2-3H3/b10-8-/t5-,6+,7+/m1/s1. The van der Waals surface area contributed by atoms with Gasteiger partial charge >= 0.3 is 0 Å². The molecule has 0 unspecified atom stereocenters. The third kappa shape index (κ3) is 1.29. The van der Waals surface area contributed by atoms with Gasteiger partial charge in [0.15, 0.2) is 11.9 Å². The maximum Gasteiger partial charge on any atom is 0.258 e. The van der Waals surface area contributed by atoms with Crippen LogP contribution in [0.25, 0.3) is 0 Å². The van der Waals surface area contributed by atoms with E-state index in [1.165, 1.54) is 0 Å². The summed E-state index contributed by atoms with van der Waals surface area (Å²) in [5.74, 6) is -0.512. The SMILES string of the molecule is C=C[C@H]1O/C(=N\O)[C@H]2OC(C)(C)O[C@H]21. The van der Waals surface area contributed by atoms with Gasteiger partial charge < -0.3 is 19.4 Å². The summed E-state index contributed by atoms with van der Waals surface area (Å²) in [6.45, 7) is 7.23. The van der Waals surface area contributed by atoms with Crippen molar-refractivity contribution in [1.82, 2.24) is 0 Å². The molecule has 2 aliphatic rings. The Kier molecular flexibility index (Phi) is 2.01. The number of ether oxygens (including phenoxy) is 3. The predicted molar refractivity (Wildman–Crippen MR) is 48.1 cm³/mol. The Morgan fingerprint density at radius 2 is 2.21 bits per heavy atom. The zero-order valence-electron chi connectivity index (χ0n) is 8.14. The van der Waals surface area contributed by atoms with Crippen LogP contribution in [0, 0.1) is 0 Å². The molecule has 2 fully saturated rings. The molecular weight excluding hydrogens is 186 g/mol. The van der Waals surface area contributed by atoms with E-state index >= 15 is 0 Å². The Balaban J connectivity index is 2.25. The van der Waals surface area contributed by atoms with Gasteiger partial charge in [0.1, 0.15) is 12.2 Å². The summed E-state index contributed by atoms with van der Waals surface area (Å²) in [6, 6.07) is 0. The number of nitrogens with zero attached hydrogens (tertiary/aromatic N) is 1. The number of hydrogen-bond acceptors (Lipinski definition) is 5. The van der Waals surface area contributed by atoms with E-state index in [0.717, 1.165) is 0 Å². The molecule has 78 valence electrons. The van der Waals surface area contributed by atoms with Crippen molar-refractivity contribution in [3.8, 4) is 0 Å². The van der Waals surface area contributed by atoms with Crippen LogP contribution in [0.3, 0.4) is 0 Å². The molecule has 5 nitrogen and oxygen atoms in total. The van der Waals surface area contributed by atoms with Gasteiger partial charge in [-0.1, -0.05) is 11.7 Å². The molecule has 0 amide bonds. The second-order valence-corrected chi connectivity index (χ2v) is 3.78. The van der Waals surface area contributed by atoms with Crippen LogP contribution >= 0.6 is 0 Å². The van der Waals surface area contributed by atoms with Crippen LogP contribution in [0.2, 0.25) is 0 Å². The van der Waals surface area contributed by atoms with Crippen molar-refractivity contribution >= 4 is 5.90 Å². The molecule has 2 aliphatic heterocycles. The van der Waals surface area contributed by atoms with E-state index in [0.29, 0.717) is 0 Å². The molecular formula is C9H13NO4. The number of rotatable bonds is 1. The minimum Gasteiger partial charge on any atom is -0.466 e. The molecule has 0 saturated carbocycles. The highest BCUT2D eigenvalue weighted by atomic mass is 16.8. The second kappa shape index (κ2) is 2.96. The molecule has 0 spiro atoms. The van der Waals surface area contributed by atoms with Gasteiger partial charge in [0, 0.05) is 0 Å². The van der Waals surface area contributed by atoms with Crippen molar-refractivity contribution in [2.75, 3.05) is 0 Å². The van der Waals surface area contributed by atoms with Crippen molar-refractivity contribution < 1.29 is 19.4 Å². The Bertz CT molecular complexity index is 287. The van der Waals surface area contributed by atoms with Crippen LogP contribution < -0.4 is 0 Å². The molecule has 0 aromatic rings. The van der Waals surface area contributed by atoms with Crippen LogP contribution in [0.4, 0.5) is 0 Å². The highest BCUT2D eigenvalue weighted by molar-refractivity contribution is 5.84. The molecule has 2 heterocycles. The molecule has 0 aromatic heterocycles. The largest absolute Gasteiger partial charge is 0.466 e. The summed E-state index contributed by atoms with van der Waals surface area (Å²) < 4.78 is 16.4. The molecule has 0 radical (unpaired) electrons. The molecule has 2 saturated heterocycles. The molecule has 1 N–H and O–H groups in total. The Labute approximate surface area is 81.9 Å². The molecule has 3 atom stereocenters. The van der Waals surface area contributed by atoms with Gasteiger partial charge in [-0.05, 0) is 19.9 Å². The van der Waals surface area contributed by atoms with Gasteiger partial charge in [-0.3, -0.25) is 0 Å². The molecule has 0 bridgehead atoms. The average Bonchev–Trinajstić information content (AvgIpc) is 2.57. The smallest absolute Gasteiger partial charge is 0.258 e. The first-order valence-corrected chi connectivity index (χ1v) is 4.44. The summed E-state index contributed by atoms with van der Waals surface area (Å²) in [5, 5.41) is 11.7. The van der Waals surface area contributed by atoms with E-state index in [4.69, 9.17) is 19.4 Å². The van der Waals surface area contributed by atoms with Gasteiger partial charge in [0.05, 0.1) is 0 Å². The first-order valence-electron chi connectivity index (χ1n) is 4.44. The van der Waals surface area contributed by atoms with Gasteiger partial charge in [0.2, 0.25) is 0 Å². The van der Waals surface area contributed by atoms with Crippen molar-refractivity contribution in [1.29, 1.82) is 0 Å². The minimum absolute atomic E-state index is 0.158. The topological polar surface area (TPSA) is 60.3 Å². The maximum absolute atomic E-state index is 8.69. The second-order valence-electron chi connectivity index (χ2n) is 3.78. The summed E-state index contributed by atoms with van der Waals surface area (Å²) in [6.07, 6.45) is 0.597. The van der Waals surface area contributed by atoms with Crippen LogP contribution in [0.5, 0.6) is 0 Å². The number of oxime groups is 1. The molecule has 5 heteroatoms. The fourth-order valence-corrected chi connectivity index (χ4v) is 1.76. The lowest BCUT2D eigenvalue weighted by molar-refractivity contribution is -0.155. The summed E-state index contributed by atoms with van der Waals surface area (Å²) >= 11 is 0. The van der Waals surface area contributed by atoms with Crippen molar-refractivity contribution in [2.45, 2.75) is 37.9 Å². The van der Waals surface area contributed by atoms with E-state index < -0.39 is 11.9 Å². The fourth-order valence-electron chi connectivity index (χ4n) is 1.76. The maximum atomic E-state index is 8.69. The summed E-state index contributed by atoms with van der Waals surface area (Å²) in [7, 11) is 0. The summed E-state index contributed by atoms with van der Waals surface area (Å²) in [4.78, 5) is 0. The van der Waals surface area contributed by atoms with E-state index in [1.54, 1.807) is 19.9 Å². The Morgan fingerprint density at radius 3 is 2.79 bits per heavy atom. The van der Waals surface area contributed by atoms with Crippen LogP contribution in [-0.4, -0.2) is 35.2 Å². The minimum atomic E-state index is -0.670. The van der Waals surface area contributed by atoms with Crippen molar-refractivity contribution in [3.63, 3.8) is 0 Å². The molecule has 0 aliphatic carbocycles. The first-order chi connectivity index (χ1) is 6.57. The molecule has 14 heavy (non-hydrogen) atoms. The van der Waals surface area contributed by atoms with Crippen LogP contribution in [-0.2, 0) is 14.2 Å². The van der Waals surface area contributed by atoms with Gasteiger partial charge in [-0.15, -0.1) is 0 Å². The summed E-state index contributed by atoms with van der Waals surface area (Å²) in [5.41, 5.74) is 0. The lowest BCUT2D eigenvalue weighted by atomic mass is 10.1. The van der Waals surface area contributed by atoms with E-state index in [-0.39, 0.29) is 18.1 Å². The quantitative estimate of drug-likeness (QED) is 0.387. The first kappa shape index (κ1) is 9.48. The van der Waals surface area contributed by atoms with Crippen molar-refractivity contribution in [3.05, 3.63) is 12.7 Å². The zero-order valence-corrected chi connectivity index (χ0v) is 8.14. The lowest BCUT2D eigenvalue weighted by Gasteiger charge is -2.20. The highest BCUT2D eigenvalue weighted by Crippen LogP contribution is 2.36. The third-order valence-electron chi connectivity index (χ3n) is 2.28. The lowest BCUT2D eigenvalue weighted by Crippen LogP contribution is -2.27. The van der Waals surface area contributed by atoms with Crippen molar-refractivity contribution in [2.24, 2.45) is 5.16 Å². The van der Waals surface area contributed by atoms with Gasteiger partial charge in [-0.2, -0.15) is 0 Å². The fraction of sp³-hybridized carbons (Fsp3) is 0.667. The molecule has 2 rings (SSSR count).